The van der Waals surface area contributed by atoms with Gasteiger partial charge in [-0.25, -0.2) is 0 Å². The second-order valence-corrected chi connectivity index (χ2v) is 8.55. The normalized spacial score (nSPS) is 52.4. The molecular weight excluding hydrogens is 244 g/mol. The monoisotopic (exact) mass is 278 g/mol. The molecule has 4 fully saturated rings. The molecule has 2 heteroatoms. The summed E-state index contributed by atoms with van der Waals surface area (Å²) >= 11 is 0. The van der Waals surface area contributed by atoms with E-state index in [0.717, 1.165) is 29.8 Å². The Hall–Kier alpha value is -0.0800. The highest BCUT2D eigenvalue weighted by Crippen LogP contribution is 2.43. The first kappa shape index (κ1) is 13.6. The van der Waals surface area contributed by atoms with Crippen molar-refractivity contribution in [2.45, 2.75) is 70.4 Å². The molecule has 0 aromatic heterocycles. The first-order chi connectivity index (χ1) is 9.79. The highest BCUT2D eigenvalue weighted by atomic mass is 15.2. The average Bonchev–Trinajstić information content (AvgIpc) is 3.11. The van der Waals surface area contributed by atoms with E-state index in [1.54, 1.807) is 25.7 Å². The maximum atomic E-state index is 2.44. The minimum absolute atomic E-state index is 0.999. The van der Waals surface area contributed by atoms with E-state index in [1.807, 2.05) is 9.80 Å². The molecule has 114 valence electrons. The van der Waals surface area contributed by atoms with Crippen molar-refractivity contribution in [2.24, 2.45) is 17.8 Å². The molecule has 2 bridgehead atoms. The van der Waals surface area contributed by atoms with E-state index < -0.39 is 0 Å². The van der Waals surface area contributed by atoms with Crippen molar-refractivity contribution >= 4 is 0 Å². The quantitative estimate of drug-likeness (QED) is 0.729. The van der Waals surface area contributed by atoms with Gasteiger partial charge in [0, 0.05) is 25.2 Å². The molecule has 4 rings (SSSR count). The van der Waals surface area contributed by atoms with Crippen molar-refractivity contribution in [1.29, 1.82) is 0 Å². The van der Waals surface area contributed by atoms with Crippen LogP contribution in [0.2, 0.25) is 0 Å². The molecule has 0 radical (unpaired) electrons. The summed E-state index contributed by atoms with van der Waals surface area (Å²) in [6.45, 7) is 8.37. The van der Waals surface area contributed by atoms with Crippen LogP contribution >= 0.6 is 0 Å². The molecule has 2 aliphatic carbocycles. The predicted octanol–water partition coefficient (Wildman–Crippen LogP) is 0.537. The average molecular weight is 278 g/mol. The summed E-state index contributed by atoms with van der Waals surface area (Å²) in [5.41, 5.74) is 0. The van der Waals surface area contributed by atoms with Crippen LogP contribution in [0, 0.1) is 17.8 Å². The number of hydrogen-bond donors (Lipinski definition) is 2. The van der Waals surface area contributed by atoms with Gasteiger partial charge in [-0.1, -0.05) is 6.92 Å². The number of piperidine rings is 2. The molecule has 4 aliphatic rings. The number of likely N-dealkylation sites (tertiary alicyclic amines) is 2. The van der Waals surface area contributed by atoms with Gasteiger partial charge < -0.3 is 9.80 Å². The van der Waals surface area contributed by atoms with Crippen LogP contribution in [0.4, 0.5) is 0 Å². The molecule has 3 atom stereocenters. The van der Waals surface area contributed by atoms with Gasteiger partial charge in [0.1, 0.15) is 0 Å². The fraction of sp³-hybridized carbons (Fsp3) is 1.00. The lowest BCUT2D eigenvalue weighted by atomic mass is 9.90. The molecule has 2 saturated heterocycles. The lowest BCUT2D eigenvalue weighted by Crippen LogP contribution is -3.22. The molecule has 20 heavy (non-hydrogen) atoms. The van der Waals surface area contributed by atoms with Gasteiger partial charge in [-0.3, -0.25) is 0 Å². The van der Waals surface area contributed by atoms with Crippen LogP contribution in [0.1, 0.15) is 58.3 Å². The topological polar surface area (TPSA) is 8.88 Å². The molecular formula is C18H34N2+2. The minimum atomic E-state index is 0.999. The Morgan fingerprint density at radius 1 is 0.700 bits per heavy atom. The van der Waals surface area contributed by atoms with Crippen LogP contribution in [0.3, 0.4) is 0 Å². The Morgan fingerprint density at radius 2 is 1.40 bits per heavy atom. The summed E-state index contributed by atoms with van der Waals surface area (Å²) in [5, 5.41) is 0. The molecule has 0 amide bonds. The highest BCUT2D eigenvalue weighted by Gasteiger charge is 2.46. The number of quaternary nitrogens is 2. The summed E-state index contributed by atoms with van der Waals surface area (Å²) in [6.07, 6.45) is 12.3. The maximum absolute atomic E-state index is 2.44. The Morgan fingerprint density at radius 3 is 2.00 bits per heavy atom. The van der Waals surface area contributed by atoms with Crippen molar-refractivity contribution in [3.05, 3.63) is 0 Å². The minimum Gasteiger partial charge on any atom is -0.332 e. The second kappa shape index (κ2) is 5.61. The third kappa shape index (κ3) is 2.54. The molecule has 0 unspecified atom stereocenters. The molecule has 2 nitrogen and oxygen atoms in total. The van der Waals surface area contributed by atoms with Crippen LogP contribution in [0.15, 0.2) is 0 Å². The molecule has 0 spiro atoms. The van der Waals surface area contributed by atoms with E-state index in [4.69, 9.17) is 0 Å². The summed E-state index contributed by atoms with van der Waals surface area (Å²) in [7, 11) is 0. The molecule has 0 aromatic carbocycles. The number of rotatable bonds is 2. The lowest BCUT2D eigenvalue weighted by Gasteiger charge is -2.40. The van der Waals surface area contributed by atoms with Gasteiger partial charge in [-0.15, -0.1) is 0 Å². The predicted molar refractivity (Wildman–Crippen MR) is 82.0 cm³/mol. The van der Waals surface area contributed by atoms with Crippen molar-refractivity contribution in [3.8, 4) is 0 Å². The number of hydrogen-bond acceptors (Lipinski definition) is 0. The first-order valence-electron chi connectivity index (χ1n) is 9.48. The fourth-order valence-corrected chi connectivity index (χ4v) is 6.05. The van der Waals surface area contributed by atoms with E-state index >= 15 is 0 Å². The van der Waals surface area contributed by atoms with Gasteiger partial charge in [0.25, 0.3) is 0 Å². The van der Waals surface area contributed by atoms with Crippen LogP contribution in [-0.2, 0) is 0 Å². The summed E-state index contributed by atoms with van der Waals surface area (Å²) in [6, 6.07) is 2.09. The number of fused-ring (bicyclic) bond motifs is 2. The van der Waals surface area contributed by atoms with E-state index in [0.29, 0.717) is 0 Å². The van der Waals surface area contributed by atoms with E-state index in [9.17, 15) is 0 Å². The highest BCUT2D eigenvalue weighted by molar-refractivity contribution is 4.90. The largest absolute Gasteiger partial charge is 0.332 e. The Labute approximate surface area is 124 Å². The van der Waals surface area contributed by atoms with Gasteiger partial charge in [-0.2, -0.15) is 0 Å². The van der Waals surface area contributed by atoms with E-state index in [-0.39, 0.29) is 0 Å². The SMILES string of the molecule is CC1CC[NH+](C2CC[NH+]([C@@H]3C[C@H]4CC[C@@H]3C4)CC2)CC1. The summed E-state index contributed by atoms with van der Waals surface area (Å²) < 4.78 is 0. The van der Waals surface area contributed by atoms with Crippen LogP contribution in [0.5, 0.6) is 0 Å². The molecule has 2 N–H and O–H groups in total. The van der Waals surface area contributed by atoms with E-state index in [1.165, 1.54) is 51.9 Å². The van der Waals surface area contributed by atoms with Crippen molar-refractivity contribution in [3.63, 3.8) is 0 Å². The van der Waals surface area contributed by atoms with Crippen molar-refractivity contribution in [1.82, 2.24) is 0 Å². The molecule has 2 saturated carbocycles. The Balaban J connectivity index is 1.28. The zero-order chi connectivity index (χ0) is 13.5. The first-order valence-corrected chi connectivity index (χ1v) is 9.48. The zero-order valence-electron chi connectivity index (χ0n) is 13.4. The maximum Gasteiger partial charge on any atom is 0.0983 e. The van der Waals surface area contributed by atoms with Gasteiger partial charge in [0.15, 0.2) is 0 Å². The van der Waals surface area contributed by atoms with Crippen LogP contribution < -0.4 is 9.80 Å². The fourth-order valence-electron chi connectivity index (χ4n) is 6.05. The van der Waals surface area contributed by atoms with E-state index in [2.05, 4.69) is 6.92 Å². The second-order valence-electron chi connectivity index (χ2n) is 8.55. The van der Waals surface area contributed by atoms with Crippen LogP contribution in [-0.4, -0.2) is 38.3 Å². The molecule has 2 aliphatic heterocycles. The summed E-state index contributed by atoms with van der Waals surface area (Å²) in [4.78, 5) is 3.98. The molecule has 2 heterocycles. The lowest BCUT2D eigenvalue weighted by molar-refractivity contribution is -0.972. The molecule has 0 aromatic rings. The van der Waals surface area contributed by atoms with Crippen molar-refractivity contribution < 1.29 is 9.80 Å². The summed E-state index contributed by atoms with van der Waals surface area (Å²) in [5.74, 6) is 3.25. The van der Waals surface area contributed by atoms with Gasteiger partial charge in [0.2, 0.25) is 0 Å². The van der Waals surface area contributed by atoms with Crippen LogP contribution in [0.25, 0.3) is 0 Å². The Bertz CT molecular complexity index is 326. The third-order valence-corrected chi connectivity index (χ3v) is 7.38. The van der Waals surface area contributed by atoms with Gasteiger partial charge >= 0.3 is 0 Å². The number of nitrogens with one attached hydrogen (secondary N) is 2. The van der Waals surface area contributed by atoms with Gasteiger partial charge in [-0.05, 0) is 43.9 Å². The zero-order valence-corrected chi connectivity index (χ0v) is 13.4. The third-order valence-electron chi connectivity index (χ3n) is 7.38. The standard InChI is InChI=1S/C18H32N2/c1-14-4-8-19(9-5-14)17-6-10-20(11-7-17)18-13-15-2-3-16(18)12-15/h14-18H,2-13H2,1H3/p+2/t15-,16+,18+/m0/s1. The van der Waals surface area contributed by atoms with Crippen molar-refractivity contribution in [2.75, 3.05) is 26.2 Å². The van der Waals surface area contributed by atoms with Gasteiger partial charge in [0.05, 0.1) is 38.3 Å². The smallest absolute Gasteiger partial charge is 0.0983 e. The Kier molecular flexibility index (Phi) is 3.80.